The fourth-order valence-electron chi connectivity index (χ4n) is 3.09. The van der Waals surface area contributed by atoms with Crippen LogP contribution in [0.1, 0.15) is 31.5 Å². The standard InChI is InChI=1S/C14H16Cl2N2O2S/c1-9(15)13-17-11-5-3-4-10(16)12(11)18(13)14(2)6-7-21(19,20)8-14/h3-5,9H,6-8H2,1-2H3. The number of hydrogen-bond donors (Lipinski definition) is 0. The second kappa shape index (κ2) is 4.86. The van der Waals surface area contributed by atoms with Crippen molar-refractivity contribution in [1.82, 2.24) is 9.55 Å². The Morgan fingerprint density at radius 1 is 1.43 bits per heavy atom. The van der Waals surface area contributed by atoms with Crippen LogP contribution < -0.4 is 0 Å². The molecule has 2 atom stereocenters. The van der Waals surface area contributed by atoms with Crippen molar-refractivity contribution in [3.63, 3.8) is 0 Å². The van der Waals surface area contributed by atoms with Gasteiger partial charge in [0, 0.05) is 0 Å². The zero-order chi connectivity index (χ0) is 15.4. The van der Waals surface area contributed by atoms with Crippen molar-refractivity contribution in [2.75, 3.05) is 11.5 Å². The number of benzene rings is 1. The molecule has 0 amide bonds. The zero-order valence-electron chi connectivity index (χ0n) is 11.8. The molecule has 0 N–H and O–H groups in total. The maximum atomic E-state index is 11.9. The van der Waals surface area contributed by atoms with Gasteiger partial charge >= 0.3 is 0 Å². The smallest absolute Gasteiger partial charge is 0.152 e. The molecule has 0 aliphatic carbocycles. The highest BCUT2D eigenvalue weighted by atomic mass is 35.5. The van der Waals surface area contributed by atoms with Crippen LogP contribution in [0, 0.1) is 0 Å². The Bertz CT molecular complexity index is 814. The normalized spacial score (nSPS) is 26.3. The largest absolute Gasteiger partial charge is 0.318 e. The van der Waals surface area contributed by atoms with Crippen LogP contribution in [0.5, 0.6) is 0 Å². The van der Waals surface area contributed by atoms with E-state index < -0.39 is 15.4 Å². The van der Waals surface area contributed by atoms with E-state index in [0.29, 0.717) is 17.3 Å². The van der Waals surface area contributed by atoms with Gasteiger partial charge in [-0.15, -0.1) is 11.6 Å². The number of aromatic nitrogens is 2. The van der Waals surface area contributed by atoms with Crippen molar-refractivity contribution in [2.45, 2.75) is 31.2 Å². The molecule has 114 valence electrons. The second-order valence-electron chi connectivity index (χ2n) is 5.87. The van der Waals surface area contributed by atoms with Crippen LogP contribution >= 0.6 is 23.2 Å². The summed E-state index contributed by atoms with van der Waals surface area (Å²) >= 11 is 12.6. The Morgan fingerprint density at radius 3 is 2.71 bits per heavy atom. The molecule has 0 bridgehead atoms. The summed E-state index contributed by atoms with van der Waals surface area (Å²) in [6.07, 6.45) is 0.544. The van der Waals surface area contributed by atoms with Crippen molar-refractivity contribution in [3.05, 3.63) is 29.0 Å². The number of alkyl halides is 1. The van der Waals surface area contributed by atoms with Crippen LogP contribution in [0.2, 0.25) is 5.02 Å². The number of hydrogen-bond acceptors (Lipinski definition) is 3. The predicted octanol–water partition coefficient (Wildman–Crippen LogP) is 3.52. The van der Waals surface area contributed by atoms with Crippen LogP contribution in [0.25, 0.3) is 11.0 Å². The van der Waals surface area contributed by atoms with Crippen molar-refractivity contribution in [3.8, 4) is 0 Å². The lowest BCUT2D eigenvalue weighted by Gasteiger charge is -2.28. The van der Waals surface area contributed by atoms with Gasteiger partial charge in [-0.05, 0) is 32.4 Å². The van der Waals surface area contributed by atoms with E-state index in [1.54, 1.807) is 6.07 Å². The molecule has 0 saturated carbocycles. The van der Waals surface area contributed by atoms with Gasteiger partial charge in [0.05, 0.1) is 38.5 Å². The van der Waals surface area contributed by atoms with Crippen LogP contribution in [0.15, 0.2) is 18.2 Å². The summed E-state index contributed by atoms with van der Waals surface area (Å²) in [6, 6.07) is 5.49. The average Bonchev–Trinajstić information content (AvgIpc) is 2.89. The topological polar surface area (TPSA) is 52.0 Å². The first-order chi connectivity index (χ1) is 9.73. The molecule has 1 aliphatic heterocycles. The minimum atomic E-state index is -3.04. The fourth-order valence-corrected chi connectivity index (χ4v) is 5.60. The van der Waals surface area contributed by atoms with E-state index in [2.05, 4.69) is 4.98 Å². The van der Waals surface area contributed by atoms with Crippen molar-refractivity contribution in [2.24, 2.45) is 0 Å². The van der Waals surface area contributed by atoms with E-state index in [0.717, 1.165) is 11.0 Å². The third kappa shape index (κ3) is 2.45. The van der Waals surface area contributed by atoms with Crippen molar-refractivity contribution >= 4 is 44.1 Å². The highest BCUT2D eigenvalue weighted by Gasteiger charge is 2.42. The minimum absolute atomic E-state index is 0.0906. The summed E-state index contributed by atoms with van der Waals surface area (Å²) in [7, 11) is -3.04. The summed E-state index contributed by atoms with van der Waals surface area (Å²) in [5.74, 6) is 0.941. The minimum Gasteiger partial charge on any atom is -0.318 e. The van der Waals surface area contributed by atoms with Crippen LogP contribution in [-0.4, -0.2) is 29.5 Å². The molecule has 4 nitrogen and oxygen atoms in total. The molecule has 1 aromatic carbocycles. The number of para-hydroxylation sites is 1. The molecular weight excluding hydrogens is 331 g/mol. The Balaban J connectivity index is 2.33. The molecule has 21 heavy (non-hydrogen) atoms. The highest BCUT2D eigenvalue weighted by molar-refractivity contribution is 7.91. The third-order valence-electron chi connectivity index (χ3n) is 4.03. The number of halogens is 2. The van der Waals surface area contributed by atoms with E-state index >= 15 is 0 Å². The Labute approximate surface area is 134 Å². The lowest BCUT2D eigenvalue weighted by Crippen LogP contribution is -2.33. The number of imidazole rings is 1. The number of fused-ring (bicyclic) bond motifs is 1. The number of rotatable bonds is 2. The van der Waals surface area contributed by atoms with Crippen LogP contribution in [-0.2, 0) is 15.4 Å². The van der Waals surface area contributed by atoms with Gasteiger partial charge in [-0.2, -0.15) is 0 Å². The molecule has 7 heteroatoms. The van der Waals surface area contributed by atoms with E-state index in [1.807, 2.05) is 30.5 Å². The zero-order valence-corrected chi connectivity index (χ0v) is 14.1. The molecule has 0 spiro atoms. The highest BCUT2D eigenvalue weighted by Crippen LogP contribution is 2.39. The van der Waals surface area contributed by atoms with E-state index in [4.69, 9.17) is 23.2 Å². The van der Waals surface area contributed by atoms with E-state index in [1.165, 1.54) is 0 Å². The maximum absolute atomic E-state index is 11.9. The van der Waals surface area contributed by atoms with E-state index in [-0.39, 0.29) is 16.9 Å². The van der Waals surface area contributed by atoms with Crippen molar-refractivity contribution in [1.29, 1.82) is 0 Å². The summed E-state index contributed by atoms with van der Waals surface area (Å²) < 4.78 is 25.8. The Morgan fingerprint density at radius 2 is 2.14 bits per heavy atom. The molecule has 0 radical (unpaired) electrons. The molecule has 1 aliphatic rings. The van der Waals surface area contributed by atoms with Gasteiger partial charge < -0.3 is 4.57 Å². The van der Waals surface area contributed by atoms with Gasteiger partial charge in [0.25, 0.3) is 0 Å². The first kappa shape index (κ1) is 15.1. The van der Waals surface area contributed by atoms with Crippen LogP contribution in [0.3, 0.4) is 0 Å². The van der Waals surface area contributed by atoms with E-state index in [9.17, 15) is 8.42 Å². The summed E-state index contributed by atoms with van der Waals surface area (Å²) in [5.41, 5.74) is 0.952. The molecule has 2 heterocycles. The average molecular weight is 347 g/mol. The van der Waals surface area contributed by atoms with Gasteiger partial charge in [0.2, 0.25) is 0 Å². The monoisotopic (exact) mass is 346 g/mol. The van der Waals surface area contributed by atoms with Gasteiger partial charge in [-0.1, -0.05) is 17.7 Å². The first-order valence-corrected chi connectivity index (χ1v) is 9.39. The molecule has 1 aromatic heterocycles. The molecule has 1 saturated heterocycles. The number of nitrogens with zero attached hydrogens (tertiary/aromatic N) is 2. The molecular formula is C14H16Cl2N2O2S. The Kier molecular flexibility index (Phi) is 3.50. The number of sulfone groups is 1. The van der Waals surface area contributed by atoms with Gasteiger partial charge in [0.1, 0.15) is 5.82 Å². The predicted molar refractivity (Wildman–Crippen MR) is 85.9 cm³/mol. The van der Waals surface area contributed by atoms with Gasteiger partial charge in [0.15, 0.2) is 9.84 Å². The van der Waals surface area contributed by atoms with Gasteiger partial charge in [-0.25, -0.2) is 13.4 Å². The fraction of sp³-hybridized carbons (Fsp3) is 0.500. The quantitative estimate of drug-likeness (QED) is 0.781. The molecule has 3 rings (SSSR count). The summed E-state index contributed by atoms with van der Waals surface area (Å²) in [4.78, 5) is 4.56. The SMILES string of the molecule is CC(Cl)c1nc2cccc(Cl)c2n1C1(C)CCS(=O)(=O)C1. The van der Waals surface area contributed by atoms with Gasteiger partial charge in [-0.3, -0.25) is 0 Å². The lowest BCUT2D eigenvalue weighted by molar-refractivity contribution is 0.363. The second-order valence-corrected chi connectivity index (χ2v) is 9.11. The molecule has 1 fully saturated rings. The molecule has 2 aromatic rings. The lowest BCUT2D eigenvalue weighted by atomic mass is 10.0. The maximum Gasteiger partial charge on any atom is 0.152 e. The summed E-state index contributed by atoms with van der Waals surface area (Å²) in [5, 5.41) is 0.239. The Hall–Kier alpha value is -0.780. The third-order valence-corrected chi connectivity index (χ3v) is 6.42. The van der Waals surface area contributed by atoms with Crippen LogP contribution in [0.4, 0.5) is 0 Å². The summed E-state index contributed by atoms with van der Waals surface area (Å²) in [6.45, 7) is 3.77. The molecule has 2 unspecified atom stereocenters. The first-order valence-electron chi connectivity index (χ1n) is 6.75. The van der Waals surface area contributed by atoms with Crippen molar-refractivity contribution < 1.29 is 8.42 Å².